The van der Waals surface area contributed by atoms with E-state index in [0.717, 1.165) is 32.4 Å². The summed E-state index contributed by atoms with van der Waals surface area (Å²) in [7, 11) is 0. The van der Waals surface area contributed by atoms with E-state index in [1.54, 1.807) is 0 Å². The van der Waals surface area contributed by atoms with Crippen LogP contribution in [0, 0.1) is 11.3 Å². The van der Waals surface area contributed by atoms with Crippen molar-refractivity contribution in [3.05, 3.63) is 0 Å². The predicted molar refractivity (Wildman–Crippen MR) is 68.7 cm³/mol. The van der Waals surface area contributed by atoms with Gasteiger partial charge in [-0.3, -0.25) is 4.79 Å². The van der Waals surface area contributed by atoms with Gasteiger partial charge in [0.05, 0.1) is 5.41 Å². The Hall–Kier alpha value is -0.610. The van der Waals surface area contributed by atoms with Gasteiger partial charge >= 0.3 is 0 Å². The highest BCUT2D eigenvalue weighted by atomic mass is 16.3. The first-order chi connectivity index (χ1) is 8.03. The summed E-state index contributed by atoms with van der Waals surface area (Å²) in [5.74, 6) is 0.519. The standard InChI is InChI=1S/C13H26N2O2/c1-10(2)13(6-7-14-9-13)12(17)15-11(3)5-4-8-16/h10-11,14,16H,4-9H2,1-3H3,(H,15,17). The lowest BCUT2D eigenvalue weighted by molar-refractivity contribution is -0.133. The Balaban J connectivity index is 2.54. The first kappa shape index (κ1) is 14.5. The molecule has 0 aromatic heterocycles. The SMILES string of the molecule is CC(CCCO)NC(=O)C1(C(C)C)CCNC1. The van der Waals surface area contributed by atoms with E-state index >= 15 is 0 Å². The van der Waals surface area contributed by atoms with Crippen molar-refractivity contribution in [3.63, 3.8) is 0 Å². The summed E-state index contributed by atoms with van der Waals surface area (Å²) in [5, 5.41) is 15.2. The molecule has 2 unspecified atom stereocenters. The number of carbonyl (C=O) groups excluding carboxylic acids is 1. The summed E-state index contributed by atoms with van der Waals surface area (Å²) in [6, 6.07) is 0.144. The van der Waals surface area contributed by atoms with Gasteiger partial charge in [-0.1, -0.05) is 13.8 Å². The number of nitrogens with one attached hydrogen (secondary N) is 2. The van der Waals surface area contributed by atoms with E-state index in [4.69, 9.17) is 5.11 Å². The molecule has 1 aliphatic heterocycles. The van der Waals surface area contributed by atoms with Crippen LogP contribution in [-0.4, -0.2) is 36.8 Å². The Morgan fingerprint density at radius 2 is 2.18 bits per heavy atom. The zero-order valence-electron chi connectivity index (χ0n) is 11.3. The maximum absolute atomic E-state index is 12.4. The van der Waals surface area contributed by atoms with Gasteiger partial charge in [0.15, 0.2) is 0 Å². The molecule has 2 atom stereocenters. The summed E-state index contributed by atoms with van der Waals surface area (Å²) in [4.78, 5) is 12.4. The minimum Gasteiger partial charge on any atom is -0.396 e. The third-order valence-corrected chi connectivity index (χ3v) is 3.92. The molecule has 0 aromatic carbocycles. The fourth-order valence-corrected chi connectivity index (χ4v) is 2.50. The summed E-state index contributed by atoms with van der Waals surface area (Å²) in [6.07, 6.45) is 2.50. The molecule has 17 heavy (non-hydrogen) atoms. The molecule has 1 saturated heterocycles. The van der Waals surface area contributed by atoms with Crippen molar-refractivity contribution >= 4 is 5.91 Å². The van der Waals surface area contributed by atoms with Crippen molar-refractivity contribution < 1.29 is 9.90 Å². The monoisotopic (exact) mass is 242 g/mol. The second-order valence-electron chi connectivity index (χ2n) is 5.48. The topological polar surface area (TPSA) is 61.4 Å². The lowest BCUT2D eigenvalue weighted by Gasteiger charge is -2.32. The Bertz CT molecular complexity index is 248. The number of hydrogen-bond acceptors (Lipinski definition) is 3. The third-order valence-electron chi connectivity index (χ3n) is 3.92. The molecule has 1 aliphatic rings. The zero-order chi connectivity index (χ0) is 12.9. The van der Waals surface area contributed by atoms with Crippen LogP contribution in [0.15, 0.2) is 0 Å². The molecule has 1 fully saturated rings. The molecule has 100 valence electrons. The molecule has 0 bridgehead atoms. The lowest BCUT2D eigenvalue weighted by Crippen LogP contribution is -2.48. The molecule has 3 N–H and O–H groups in total. The summed E-state index contributed by atoms with van der Waals surface area (Å²) < 4.78 is 0. The second kappa shape index (κ2) is 6.36. The molecule has 4 heteroatoms. The molecular formula is C13H26N2O2. The van der Waals surface area contributed by atoms with E-state index in [-0.39, 0.29) is 24.0 Å². The third kappa shape index (κ3) is 3.42. The van der Waals surface area contributed by atoms with Crippen LogP contribution >= 0.6 is 0 Å². The Morgan fingerprint density at radius 1 is 1.47 bits per heavy atom. The maximum Gasteiger partial charge on any atom is 0.228 e. The molecule has 0 spiro atoms. The number of amides is 1. The van der Waals surface area contributed by atoms with Crippen molar-refractivity contribution in [2.45, 2.75) is 46.1 Å². The van der Waals surface area contributed by atoms with E-state index in [1.807, 2.05) is 6.92 Å². The molecule has 1 heterocycles. The van der Waals surface area contributed by atoms with Crippen LogP contribution in [0.3, 0.4) is 0 Å². The predicted octanol–water partition coefficient (Wildman–Crippen LogP) is 0.899. The van der Waals surface area contributed by atoms with E-state index in [0.29, 0.717) is 5.92 Å². The first-order valence-electron chi connectivity index (χ1n) is 6.65. The molecular weight excluding hydrogens is 216 g/mol. The van der Waals surface area contributed by atoms with Crippen molar-refractivity contribution in [1.29, 1.82) is 0 Å². The fourth-order valence-electron chi connectivity index (χ4n) is 2.50. The average molecular weight is 242 g/mol. The van der Waals surface area contributed by atoms with Gasteiger partial charge in [0.2, 0.25) is 5.91 Å². The van der Waals surface area contributed by atoms with Crippen LogP contribution in [0.2, 0.25) is 0 Å². The van der Waals surface area contributed by atoms with Crippen LogP contribution in [0.5, 0.6) is 0 Å². The Labute approximate surface area is 104 Å². The summed E-state index contributed by atoms with van der Waals surface area (Å²) >= 11 is 0. The van der Waals surface area contributed by atoms with Gasteiger partial charge in [-0.25, -0.2) is 0 Å². The quantitative estimate of drug-likeness (QED) is 0.648. The molecule has 0 saturated carbocycles. The Kier molecular flexibility index (Phi) is 5.40. The minimum absolute atomic E-state index is 0.144. The Morgan fingerprint density at radius 3 is 2.65 bits per heavy atom. The number of rotatable bonds is 6. The number of hydrogen-bond donors (Lipinski definition) is 3. The summed E-state index contributed by atoms with van der Waals surface area (Å²) in [6.45, 7) is 8.14. The highest BCUT2D eigenvalue weighted by molar-refractivity contribution is 5.83. The highest BCUT2D eigenvalue weighted by Gasteiger charge is 2.43. The van der Waals surface area contributed by atoms with Crippen molar-refractivity contribution in [2.75, 3.05) is 19.7 Å². The van der Waals surface area contributed by atoms with Gasteiger partial charge in [-0.05, 0) is 38.6 Å². The van der Waals surface area contributed by atoms with Crippen LogP contribution < -0.4 is 10.6 Å². The van der Waals surface area contributed by atoms with E-state index < -0.39 is 0 Å². The second-order valence-corrected chi connectivity index (χ2v) is 5.48. The number of carbonyl (C=O) groups is 1. The van der Waals surface area contributed by atoms with Crippen LogP contribution in [0.25, 0.3) is 0 Å². The van der Waals surface area contributed by atoms with Gasteiger partial charge in [-0.2, -0.15) is 0 Å². The smallest absolute Gasteiger partial charge is 0.228 e. The van der Waals surface area contributed by atoms with Crippen molar-refractivity contribution in [1.82, 2.24) is 10.6 Å². The van der Waals surface area contributed by atoms with E-state index in [2.05, 4.69) is 24.5 Å². The molecule has 0 aliphatic carbocycles. The minimum atomic E-state index is -0.243. The van der Waals surface area contributed by atoms with Gasteiger partial charge < -0.3 is 15.7 Å². The van der Waals surface area contributed by atoms with Gasteiger partial charge in [0.25, 0.3) is 0 Å². The van der Waals surface area contributed by atoms with Gasteiger partial charge in [0, 0.05) is 19.2 Å². The van der Waals surface area contributed by atoms with E-state index in [9.17, 15) is 4.79 Å². The molecule has 1 amide bonds. The zero-order valence-corrected chi connectivity index (χ0v) is 11.3. The van der Waals surface area contributed by atoms with E-state index in [1.165, 1.54) is 0 Å². The molecule has 0 radical (unpaired) electrons. The lowest BCUT2D eigenvalue weighted by atomic mass is 9.75. The normalized spacial score (nSPS) is 26.2. The molecule has 0 aromatic rings. The number of aliphatic hydroxyl groups excluding tert-OH is 1. The molecule has 1 rings (SSSR count). The largest absolute Gasteiger partial charge is 0.396 e. The van der Waals surface area contributed by atoms with Crippen LogP contribution in [-0.2, 0) is 4.79 Å². The van der Waals surface area contributed by atoms with Gasteiger partial charge in [0.1, 0.15) is 0 Å². The fraction of sp³-hybridized carbons (Fsp3) is 0.923. The van der Waals surface area contributed by atoms with Crippen molar-refractivity contribution in [3.8, 4) is 0 Å². The maximum atomic E-state index is 12.4. The average Bonchev–Trinajstić information content (AvgIpc) is 2.76. The highest BCUT2D eigenvalue weighted by Crippen LogP contribution is 2.34. The van der Waals surface area contributed by atoms with Crippen LogP contribution in [0.4, 0.5) is 0 Å². The van der Waals surface area contributed by atoms with Crippen LogP contribution in [0.1, 0.15) is 40.0 Å². The summed E-state index contributed by atoms with van der Waals surface area (Å²) in [5.41, 5.74) is -0.243. The molecule has 4 nitrogen and oxygen atoms in total. The number of aliphatic hydroxyl groups is 1. The van der Waals surface area contributed by atoms with Gasteiger partial charge in [-0.15, -0.1) is 0 Å². The van der Waals surface area contributed by atoms with Crippen molar-refractivity contribution in [2.24, 2.45) is 11.3 Å². The first-order valence-corrected chi connectivity index (χ1v) is 6.65.